The Bertz CT molecular complexity index is 1030. The third-order valence-electron chi connectivity index (χ3n) is 5.53. The van der Waals surface area contributed by atoms with Gasteiger partial charge in [0.25, 0.3) is 5.56 Å². The monoisotopic (exact) mass is 392 g/mol. The Morgan fingerprint density at radius 2 is 1.97 bits per heavy atom. The van der Waals surface area contributed by atoms with Gasteiger partial charge in [-0.05, 0) is 29.8 Å². The van der Waals surface area contributed by atoms with Crippen LogP contribution in [0, 0.1) is 0 Å². The molecule has 0 saturated carbocycles. The minimum absolute atomic E-state index is 0.0111. The molecule has 3 heterocycles. The summed E-state index contributed by atoms with van der Waals surface area (Å²) in [7, 11) is 1.68. The summed E-state index contributed by atoms with van der Waals surface area (Å²) < 4.78 is 7.51. The van der Waals surface area contributed by atoms with E-state index in [2.05, 4.69) is 58.8 Å². The molecule has 3 aromatic rings. The molecule has 0 fully saturated rings. The van der Waals surface area contributed by atoms with Crippen LogP contribution in [0.1, 0.15) is 48.1 Å². The zero-order valence-corrected chi connectivity index (χ0v) is 17.3. The SMILES string of the molecule is COc1ccc(Cn2cccc2CN2CCc3nc(C(C)C)[nH]c(=O)c3C2)cc1. The highest BCUT2D eigenvalue weighted by molar-refractivity contribution is 5.28. The summed E-state index contributed by atoms with van der Waals surface area (Å²) in [5.41, 5.74) is 4.26. The van der Waals surface area contributed by atoms with Crippen LogP contribution in [0.3, 0.4) is 0 Å². The molecule has 1 aliphatic heterocycles. The lowest BCUT2D eigenvalue weighted by atomic mass is 10.1. The number of hydrogen-bond acceptors (Lipinski definition) is 4. The number of nitrogens with one attached hydrogen (secondary N) is 1. The van der Waals surface area contributed by atoms with Gasteiger partial charge in [-0.25, -0.2) is 4.98 Å². The number of fused-ring (bicyclic) bond motifs is 1. The number of ether oxygens (including phenoxy) is 1. The minimum Gasteiger partial charge on any atom is -0.497 e. The van der Waals surface area contributed by atoms with Crippen LogP contribution in [-0.2, 0) is 26.1 Å². The quantitative estimate of drug-likeness (QED) is 0.699. The van der Waals surface area contributed by atoms with Crippen LogP contribution in [0.4, 0.5) is 0 Å². The van der Waals surface area contributed by atoms with Crippen molar-refractivity contribution in [2.24, 2.45) is 0 Å². The lowest BCUT2D eigenvalue weighted by Crippen LogP contribution is -2.36. The molecule has 0 atom stereocenters. The first-order chi connectivity index (χ1) is 14.0. The summed E-state index contributed by atoms with van der Waals surface area (Å²) in [6.07, 6.45) is 2.93. The Labute approximate surface area is 171 Å². The van der Waals surface area contributed by atoms with E-state index in [1.54, 1.807) is 7.11 Å². The predicted molar refractivity (Wildman–Crippen MR) is 113 cm³/mol. The third kappa shape index (κ3) is 4.27. The summed E-state index contributed by atoms with van der Waals surface area (Å²) in [6.45, 7) is 7.29. The van der Waals surface area contributed by atoms with Gasteiger partial charge in [0.2, 0.25) is 0 Å². The molecule has 4 rings (SSSR count). The second-order valence-electron chi connectivity index (χ2n) is 7.97. The van der Waals surface area contributed by atoms with Crippen LogP contribution in [0.5, 0.6) is 5.75 Å². The highest BCUT2D eigenvalue weighted by Gasteiger charge is 2.22. The lowest BCUT2D eigenvalue weighted by molar-refractivity contribution is 0.235. The molecular formula is C23H28N4O2. The molecule has 29 heavy (non-hydrogen) atoms. The number of rotatable bonds is 6. The van der Waals surface area contributed by atoms with Crippen LogP contribution in [0.25, 0.3) is 0 Å². The molecule has 0 radical (unpaired) electrons. The molecule has 0 spiro atoms. The van der Waals surface area contributed by atoms with E-state index in [-0.39, 0.29) is 11.5 Å². The van der Waals surface area contributed by atoms with Crippen molar-refractivity contribution >= 4 is 0 Å². The molecule has 1 N–H and O–H groups in total. The summed E-state index contributed by atoms with van der Waals surface area (Å²) in [6, 6.07) is 12.4. The first-order valence-electron chi connectivity index (χ1n) is 10.1. The smallest absolute Gasteiger partial charge is 0.255 e. The van der Waals surface area contributed by atoms with Crippen molar-refractivity contribution in [3.63, 3.8) is 0 Å². The number of methoxy groups -OCH3 is 1. The molecule has 6 heteroatoms. The first-order valence-corrected chi connectivity index (χ1v) is 10.1. The summed E-state index contributed by atoms with van der Waals surface area (Å²) >= 11 is 0. The van der Waals surface area contributed by atoms with Crippen LogP contribution < -0.4 is 10.3 Å². The second kappa shape index (κ2) is 8.25. The van der Waals surface area contributed by atoms with E-state index in [0.29, 0.717) is 6.54 Å². The average molecular weight is 393 g/mol. The molecule has 0 saturated heterocycles. The number of aromatic amines is 1. The molecule has 0 amide bonds. The van der Waals surface area contributed by atoms with Gasteiger partial charge in [-0.3, -0.25) is 9.69 Å². The Hall–Kier alpha value is -2.86. The van der Waals surface area contributed by atoms with Gasteiger partial charge >= 0.3 is 0 Å². The van der Waals surface area contributed by atoms with Gasteiger partial charge in [0.1, 0.15) is 11.6 Å². The van der Waals surface area contributed by atoms with E-state index in [9.17, 15) is 4.79 Å². The highest BCUT2D eigenvalue weighted by Crippen LogP contribution is 2.19. The summed E-state index contributed by atoms with van der Waals surface area (Å²) in [5, 5.41) is 0. The van der Waals surface area contributed by atoms with E-state index >= 15 is 0 Å². The van der Waals surface area contributed by atoms with E-state index in [4.69, 9.17) is 9.72 Å². The third-order valence-corrected chi connectivity index (χ3v) is 5.53. The fourth-order valence-corrected chi connectivity index (χ4v) is 3.81. The number of hydrogen-bond donors (Lipinski definition) is 1. The van der Waals surface area contributed by atoms with Gasteiger partial charge in [-0.15, -0.1) is 0 Å². The van der Waals surface area contributed by atoms with Crippen molar-refractivity contribution in [3.8, 4) is 5.75 Å². The molecule has 1 aromatic carbocycles. The van der Waals surface area contributed by atoms with Crippen molar-refractivity contribution in [3.05, 3.63) is 81.3 Å². The predicted octanol–water partition coefficient (Wildman–Crippen LogP) is 3.31. The molecule has 6 nitrogen and oxygen atoms in total. The van der Waals surface area contributed by atoms with Gasteiger partial charge in [0.05, 0.1) is 18.4 Å². The fourth-order valence-electron chi connectivity index (χ4n) is 3.81. The van der Waals surface area contributed by atoms with E-state index in [0.717, 1.165) is 48.9 Å². The summed E-state index contributed by atoms with van der Waals surface area (Å²) in [4.78, 5) is 22.5. The van der Waals surface area contributed by atoms with Crippen LogP contribution in [0.2, 0.25) is 0 Å². The zero-order chi connectivity index (χ0) is 20.4. The van der Waals surface area contributed by atoms with Crippen molar-refractivity contribution in [1.82, 2.24) is 19.4 Å². The van der Waals surface area contributed by atoms with Gasteiger partial charge in [-0.2, -0.15) is 0 Å². The van der Waals surface area contributed by atoms with Gasteiger partial charge in [0.15, 0.2) is 0 Å². The molecular weight excluding hydrogens is 364 g/mol. The van der Waals surface area contributed by atoms with E-state index in [1.165, 1.54) is 11.3 Å². The maximum Gasteiger partial charge on any atom is 0.255 e. The van der Waals surface area contributed by atoms with E-state index < -0.39 is 0 Å². The van der Waals surface area contributed by atoms with Gasteiger partial charge in [0, 0.05) is 50.4 Å². The number of H-pyrrole nitrogens is 1. The average Bonchev–Trinajstić information content (AvgIpc) is 3.15. The number of benzene rings is 1. The Balaban J connectivity index is 1.47. The molecule has 0 unspecified atom stereocenters. The topological polar surface area (TPSA) is 63.1 Å². The van der Waals surface area contributed by atoms with E-state index in [1.807, 2.05) is 12.1 Å². The standard InChI is InChI=1S/C23H28N4O2/c1-16(2)22-24-21-10-12-26(15-20(21)23(28)25-22)14-18-5-4-11-27(18)13-17-6-8-19(29-3)9-7-17/h4-9,11,16H,10,12-15H2,1-3H3,(H,24,25,28). The lowest BCUT2D eigenvalue weighted by Gasteiger charge is -2.28. The highest BCUT2D eigenvalue weighted by atomic mass is 16.5. The molecule has 0 aliphatic carbocycles. The molecule has 1 aliphatic rings. The maximum atomic E-state index is 12.6. The Kier molecular flexibility index (Phi) is 5.53. The van der Waals surface area contributed by atoms with Crippen molar-refractivity contribution < 1.29 is 4.74 Å². The van der Waals surface area contributed by atoms with Crippen molar-refractivity contribution in [2.75, 3.05) is 13.7 Å². The molecule has 2 aromatic heterocycles. The van der Waals surface area contributed by atoms with Crippen molar-refractivity contribution in [2.45, 2.75) is 45.8 Å². The number of aromatic nitrogens is 3. The van der Waals surface area contributed by atoms with Crippen LogP contribution in [-0.4, -0.2) is 33.1 Å². The van der Waals surface area contributed by atoms with Gasteiger partial charge < -0.3 is 14.3 Å². The normalized spacial score (nSPS) is 14.2. The second-order valence-corrected chi connectivity index (χ2v) is 7.97. The molecule has 0 bridgehead atoms. The van der Waals surface area contributed by atoms with Crippen LogP contribution in [0.15, 0.2) is 47.4 Å². The minimum atomic E-state index is 0.0111. The Morgan fingerprint density at radius 1 is 1.17 bits per heavy atom. The molecule has 152 valence electrons. The maximum absolute atomic E-state index is 12.6. The Morgan fingerprint density at radius 3 is 2.69 bits per heavy atom. The van der Waals surface area contributed by atoms with Crippen molar-refractivity contribution in [1.29, 1.82) is 0 Å². The first kappa shape index (κ1) is 19.5. The van der Waals surface area contributed by atoms with Crippen LogP contribution >= 0.6 is 0 Å². The largest absolute Gasteiger partial charge is 0.497 e. The summed E-state index contributed by atoms with van der Waals surface area (Å²) in [5.74, 6) is 1.88. The zero-order valence-electron chi connectivity index (χ0n) is 17.3. The fraction of sp³-hybridized carbons (Fsp3) is 0.391. The van der Waals surface area contributed by atoms with Gasteiger partial charge in [-0.1, -0.05) is 26.0 Å². The number of nitrogens with zero attached hydrogens (tertiary/aromatic N) is 3.